The van der Waals surface area contributed by atoms with Crippen LogP contribution >= 0.6 is 0 Å². The summed E-state index contributed by atoms with van der Waals surface area (Å²) in [6.45, 7) is 2.17. The second kappa shape index (κ2) is 5.26. The van der Waals surface area contributed by atoms with Crippen LogP contribution in [-0.2, 0) is 6.54 Å². The minimum atomic E-state index is -0.564. The van der Waals surface area contributed by atoms with E-state index in [0.717, 1.165) is 5.69 Å². The molecule has 20 heavy (non-hydrogen) atoms. The summed E-state index contributed by atoms with van der Waals surface area (Å²) in [5.74, 6) is 0.675. The summed E-state index contributed by atoms with van der Waals surface area (Å²) in [6.07, 6.45) is 2.93. The molecule has 2 heterocycles. The minimum Gasteiger partial charge on any atom is -0.387 e. The number of hydrogen-bond acceptors (Lipinski definition) is 4. The number of nitrogens with zero attached hydrogens (tertiary/aromatic N) is 5. The predicted octanol–water partition coefficient (Wildman–Crippen LogP) is 1.57. The molecule has 1 atom stereocenters. The summed E-state index contributed by atoms with van der Waals surface area (Å²) in [5.41, 5.74) is 1.61. The lowest BCUT2D eigenvalue weighted by molar-refractivity contribution is 0.193. The molecule has 6 heteroatoms. The SMILES string of the molecule is C[C@@H](O)c1ccn(Cc2ncn(-c3ccccc3)n2)n1. The van der Waals surface area contributed by atoms with Crippen LogP contribution in [0.5, 0.6) is 0 Å². The molecule has 0 aliphatic rings. The van der Waals surface area contributed by atoms with Gasteiger partial charge >= 0.3 is 0 Å². The summed E-state index contributed by atoms with van der Waals surface area (Å²) >= 11 is 0. The molecule has 6 nitrogen and oxygen atoms in total. The van der Waals surface area contributed by atoms with E-state index in [0.29, 0.717) is 18.1 Å². The maximum Gasteiger partial charge on any atom is 0.172 e. The first-order valence-corrected chi connectivity index (χ1v) is 6.40. The predicted molar refractivity (Wildman–Crippen MR) is 73.3 cm³/mol. The van der Waals surface area contributed by atoms with Crippen LogP contribution in [-0.4, -0.2) is 29.7 Å². The normalized spacial score (nSPS) is 12.5. The van der Waals surface area contributed by atoms with Crippen LogP contribution in [0.3, 0.4) is 0 Å². The lowest BCUT2D eigenvalue weighted by Gasteiger charge is -2.00. The molecule has 0 saturated carbocycles. The molecule has 1 aromatic carbocycles. The molecule has 0 spiro atoms. The van der Waals surface area contributed by atoms with E-state index < -0.39 is 6.10 Å². The summed E-state index contributed by atoms with van der Waals surface area (Å²) < 4.78 is 3.45. The number of aliphatic hydroxyl groups excluding tert-OH is 1. The minimum absolute atomic E-state index is 0.479. The number of aromatic nitrogens is 5. The second-order valence-corrected chi connectivity index (χ2v) is 4.56. The van der Waals surface area contributed by atoms with Crippen LogP contribution in [0, 0.1) is 0 Å². The highest BCUT2D eigenvalue weighted by molar-refractivity contribution is 5.29. The van der Waals surface area contributed by atoms with E-state index >= 15 is 0 Å². The van der Waals surface area contributed by atoms with Crippen molar-refractivity contribution in [1.29, 1.82) is 0 Å². The molecular formula is C14H15N5O. The zero-order valence-electron chi connectivity index (χ0n) is 11.1. The molecule has 0 radical (unpaired) electrons. The van der Waals surface area contributed by atoms with Crippen molar-refractivity contribution in [2.45, 2.75) is 19.6 Å². The van der Waals surface area contributed by atoms with E-state index in [4.69, 9.17) is 0 Å². The maximum atomic E-state index is 9.44. The van der Waals surface area contributed by atoms with Crippen LogP contribution < -0.4 is 0 Å². The van der Waals surface area contributed by atoms with Gasteiger partial charge in [0, 0.05) is 6.20 Å². The maximum absolute atomic E-state index is 9.44. The zero-order valence-corrected chi connectivity index (χ0v) is 11.1. The number of rotatable bonds is 4. The largest absolute Gasteiger partial charge is 0.387 e. The fourth-order valence-corrected chi connectivity index (χ4v) is 1.91. The average molecular weight is 269 g/mol. The summed E-state index contributed by atoms with van der Waals surface area (Å²) in [7, 11) is 0. The van der Waals surface area contributed by atoms with Gasteiger partial charge in [0.2, 0.25) is 0 Å². The van der Waals surface area contributed by atoms with Gasteiger partial charge in [0.15, 0.2) is 5.82 Å². The van der Waals surface area contributed by atoms with Gasteiger partial charge in [-0.1, -0.05) is 18.2 Å². The Kier molecular flexibility index (Phi) is 3.30. The Balaban J connectivity index is 1.77. The van der Waals surface area contributed by atoms with Crippen LogP contribution in [0.15, 0.2) is 48.9 Å². The lowest BCUT2D eigenvalue weighted by Crippen LogP contribution is -2.04. The van der Waals surface area contributed by atoms with Crippen molar-refractivity contribution in [1.82, 2.24) is 24.5 Å². The Morgan fingerprint density at radius 2 is 1.95 bits per heavy atom. The van der Waals surface area contributed by atoms with Gasteiger partial charge in [-0.2, -0.15) is 5.10 Å². The van der Waals surface area contributed by atoms with Gasteiger partial charge in [-0.05, 0) is 25.1 Å². The second-order valence-electron chi connectivity index (χ2n) is 4.56. The molecule has 0 fully saturated rings. The third kappa shape index (κ3) is 2.60. The van der Waals surface area contributed by atoms with E-state index in [-0.39, 0.29) is 0 Å². The van der Waals surface area contributed by atoms with Crippen molar-refractivity contribution >= 4 is 0 Å². The highest BCUT2D eigenvalue weighted by Gasteiger charge is 2.07. The van der Waals surface area contributed by atoms with Crippen molar-refractivity contribution in [3.8, 4) is 5.69 Å². The highest BCUT2D eigenvalue weighted by Crippen LogP contribution is 2.09. The fraction of sp³-hybridized carbons (Fsp3) is 0.214. The van der Waals surface area contributed by atoms with E-state index in [1.807, 2.05) is 36.5 Å². The molecule has 0 aliphatic carbocycles. The zero-order chi connectivity index (χ0) is 13.9. The van der Waals surface area contributed by atoms with Crippen LogP contribution in [0.1, 0.15) is 24.5 Å². The third-order valence-corrected chi connectivity index (χ3v) is 2.95. The van der Waals surface area contributed by atoms with Crippen LogP contribution in [0.25, 0.3) is 5.69 Å². The smallest absolute Gasteiger partial charge is 0.172 e. The van der Waals surface area contributed by atoms with E-state index in [2.05, 4.69) is 15.2 Å². The number of benzene rings is 1. The Morgan fingerprint density at radius 3 is 2.65 bits per heavy atom. The number of hydrogen-bond donors (Lipinski definition) is 1. The van der Waals surface area contributed by atoms with Gasteiger partial charge in [-0.25, -0.2) is 9.67 Å². The monoisotopic (exact) mass is 269 g/mol. The lowest BCUT2D eigenvalue weighted by atomic mass is 10.3. The van der Waals surface area contributed by atoms with Gasteiger partial charge in [0.1, 0.15) is 12.9 Å². The van der Waals surface area contributed by atoms with Crippen molar-refractivity contribution in [3.05, 3.63) is 60.4 Å². The van der Waals surface area contributed by atoms with Gasteiger partial charge in [-0.15, -0.1) is 5.10 Å². The summed E-state index contributed by atoms with van der Waals surface area (Å²) in [5, 5.41) is 18.1. The molecule has 0 saturated heterocycles. The molecule has 3 aromatic rings. The summed E-state index contributed by atoms with van der Waals surface area (Å²) in [4.78, 5) is 4.27. The molecule has 3 rings (SSSR count). The van der Waals surface area contributed by atoms with Crippen LogP contribution in [0.2, 0.25) is 0 Å². The topological polar surface area (TPSA) is 68.8 Å². The van der Waals surface area contributed by atoms with Crippen molar-refractivity contribution in [2.24, 2.45) is 0 Å². The van der Waals surface area contributed by atoms with E-state index in [1.165, 1.54) is 0 Å². The first-order valence-electron chi connectivity index (χ1n) is 6.40. The molecule has 1 N–H and O–H groups in total. The number of aliphatic hydroxyl groups is 1. The van der Waals surface area contributed by atoms with Crippen molar-refractivity contribution < 1.29 is 5.11 Å². The molecule has 102 valence electrons. The molecule has 0 unspecified atom stereocenters. The first-order chi connectivity index (χ1) is 9.72. The fourth-order valence-electron chi connectivity index (χ4n) is 1.91. The summed E-state index contributed by atoms with van der Waals surface area (Å²) in [6, 6.07) is 11.6. The first kappa shape index (κ1) is 12.6. The highest BCUT2D eigenvalue weighted by atomic mass is 16.3. The van der Waals surface area contributed by atoms with Crippen molar-refractivity contribution in [3.63, 3.8) is 0 Å². The Labute approximate surface area is 116 Å². The molecular weight excluding hydrogens is 254 g/mol. The van der Waals surface area contributed by atoms with Gasteiger partial charge in [0.25, 0.3) is 0 Å². The van der Waals surface area contributed by atoms with Crippen LogP contribution in [0.4, 0.5) is 0 Å². The Bertz CT molecular complexity index is 686. The van der Waals surface area contributed by atoms with Crippen molar-refractivity contribution in [2.75, 3.05) is 0 Å². The van der Waals surface area contributed by atoms with E-state index in [9.17, 15) is 5.11 Å². The van der Waals surface area contributed by atoms with Gasteiger partial charge < -0.3 is 5.11 Å². The van der Waals surface area contributed by atoms with E-state index in [1.54, 1.807) is 28.7 Å². The van der Waals surface area contributed by atoms with Gasteiger partial charge in [0.05, 0.1) is 17.5 Å². The Morgan fingerprint density at radius 1 is 1.15 bits per heavy atom. The molecule has 0 bridgehead atoms. The quantitative estimate of drug-likeness (QED) is 0.780. The average Bonchev–Trinajstić information content (AvgIpc) is 3.10. The standard InChI is InChI=1S/C14H15N5O/c1-11(20)13-7-8-18(16-13)9-14-15-10-19(17-14)12-5-3-2-4-6-12/h2-8,10-11,20H,9H2,1H3/t11-/m1/s1. The van der Waals surface area contributed by atoms with Gasteiger partial charge in [-0.3, -0.25) is 4.68 Å². The third-order valence-electron chi connectivity index (χ3n) is 2.95. The molecule has 0 aliphatic heterocycles. The molecule has 2 aromatic heterocycles. The number of para-hydroxylation sites is 1. The Hall–Kier alpha value is -2.47. The molecule has 0 amide bonds.